The molecule has 0 saturated carbocycles. The number of hydrogen-bond acceptors (Lipinski definition) is 5. The minimum atomic E-state index is -0.502. The van der Waals surface area contributed by atoms with Crippen molar-refractivity contribution >= 4 is 17.7 Å². The molecule has 1 rings (SSSR count). The van der Waals surface area contributed by atoms with E-state index in [1.54, 1.807) is 20.8 Å². The Hall–Kier alpha value is -2.17. The normalized spacial score (nSPS) is 10.1. The summed E-state index contributed by atoms with van der Waals surface area (Å²) < 4.78 is 10.2. The molecular formula is C15H18O5. The van der Waals surface area contributed by atoms with E-state index in [-0.39, 0.29) is 23.5 Å². The standard InChI is InChI=1S/C15H18O5/c1-6-13(18)12-7-14(19-10(4)16)8(2)9(3)15(12)20-11(5)17/h7H,6H2,1-5H3. The first kappa shape index (κ1) is 15.9. The molecule has 5 heteroatoms. The van der Waals surface area contributed by atoms with E-state index in [1.165, 1.54) is 19.9 Å². The molecule has 0 aromatic heterocycles. The topological polar surface area (TPSA) is 69.7 Å². The first-order chi connectivity index (χ1) is 9.27. The summed E-state index contributed by atoms with van der Waals surface area (Å²) in [5.41, 5.74) is 1.52. The summed E-state index contributed by atoms with van der Waals surface area (Å²) >= 11 is 0. The molecule has 0 radical (unpaired) electrons. The Morgan fingerprint density at radius 1 is 1.00 bits per heavy atom. The minimum absolute atomic E-state index is 0.183. The highest BCUT2D eigenvalue weighted by atomic mass is 16.5. The number of carbonyl (C=O) groups is 3. The SMILES string of the molecule is CCC(=O)c1cc(OC(C)=O)c(C)c(C)c1OC(C)=O. The number of rotatable bonds is 4. The van der Waals surface area contributed by atoms with E-state index in [0.717, 1.165) is 0 Å². The average molecular weight is 278 g/mol. The molecule has 0 aliphatic heterocycles. The van der Waals surface area contributed by atoms with E-state index in [1.807, 2.05) is 0 Å². The lowest BCUT2D eigenvalue weighted by Crippen LogP contribution is -2.12. The maximum Gasteiger partial charge on any atom is 0.308 e. The highest BCUT2D eigenvalue weighted by Gasteiger charge is 2.21. The maximum absolute atomic E-state index is 12.0. The molecule has 0 N–H and O–H groups in total. The molecule has 108 valence electrons. The van der Waals surface area contributed by atoms with Gasteiger partial charge in [0.15, 0.2) is 5.78 Å². The van der Waals surface area contributed by atoms with Gasteiger partial charge in [0.2, 0.25) is 0 Å². The Bertz CT molecular complexity index is 572. The average Bonchev–Trinajstić information content (AvgIpc) is 2.36. The largest absolute Gasteiger partial charge is 0.426 e. The molecule has 0 bridgehead atoms. The van der Waals surface area contributed by atoms with Crippen LogP contribution in [0.2, 0.25) is 0 Å². The van der Waals surface area contributed by atoms with Gasteiger partial charge in [-0.15, -0.1) is 0 Å². The molecule has 0 amide bonds. The first-order valence-corrected chi connectivity index (χ1v) is 6.32. The van der Waals surface area contributed by atoms with Crippen LogP contribution < -0.4 is 9.47 Å². The Morgan fingerprint density at radius 2 is 1.55 bits per heavy atom. The van der Waals surface area contributed by atoms with Crippen molar-refractivity contribution in [1.82, 2.24) is 0 Å². The highest BCUT2D eigenvalue weighted by molar-refractivity contribution is 6.00. The molecule has 0 saturated heterocycles. The third kappa shape index (κ3) is 3.44. The lowest BCUT2D eigenvalue weighted by atomic mass is 9.99. The molecule has 0 atom stereocenters. The third-order valence-corrected chi connectivity index (χ3v) is 2.91. The van der Waals surface area contributed by atoms with E-state index in [0.29, 0.717) is 16.9 Å². The van der Waals surface area contributed by atoms with Gasteiger partial charge in [-0.05, 0) is 31.0 Å². The zero-order chi connectivity index (χ0) is 15.4. The van der Waals surface area contributed by atoms with Crippen molar-refractivity contribution in [3.63, 3.8) is 0 Å². The smallest absolute Gasteiger partial charge is 0.308 e. The quantitative estimate of drug-likeness (QED) is 0.481. The van der Waals surface area contributed by atoms with Crippen molar-refractivity contribution < 1.29 is 23.9 Å². The van der Waals surface area contributed by atoms with Crippen LogP contribution in [0, 0.1) is 13.8 Å². The van der Waals surface area contributed by atoms with Gasteiger partial charge in [-0.1, -0.05) is 6.92 Å². The molecular weight excluding hydrogens is 260 g/mol. The van der Waals surface area contributed by atoms with Crippen molar-refractivity contribution in [2.45, 2.75) is 41.0 Å². The van der Waals surface area contributed by atoms with Crippen LogP contribution in [0.3, 0.4) is 0 Å². The molecule has 0 spiro atoms. The van der Waals surface area contributed by atoms with Crippen LogP contribution >= 0.6 is 0 Å². The summed E-state index contributed by atoms with van der Waals surface area (Å²) in [5, 5.41) is 0. The molecule has 1 aromatic rings. The van der Waals surface area contributed by atoms with Crippen LogP contribution in [0.25, 0.3) is 0 Å². The number of benzene rings is 1. The molecule has 0 unspecified atom stereocenters. The molecule has 1 aromatic carbocycles. The predicted octanol–water partition coefficient (Wildman–Crippen LogP) is 2.75. The number of esters is 2. The summed E-state index contributed by atoms with van der Waals surface area (Å²) in [6.45, 7) is 7.72. The summed E-state index contributed by atoms with van der Waals surface area (Å²) in [7, 11) is 0. The minimum Gasteiger partial charge on any atom is -0.426 e. The lowest BCUT2D eigenvalue weighted by molar-refractivity contribution is -0.133. The molecule has 0 aliphatic rings. The lowest BCUT2D eigenvalue weighted by Gasteiger charge is -2.16. The number of ether oxygens (including phenoxy) is 2. The molecule has 0 aliphatic carbocycles. The second-order valence-corrected chi connectivity index (χ2v) is 4.47. The zero-order valence-corrected chi connectivity index (χ0v) is 12.3. The van der Waals surface area contributed by atoms with E-state index < -0.39 is 11.9 Å². The first-order valence-electron chi connectivity index (χ1n) is 6.32. The van der Waals surface area contributed by atoms with Crippen LogP contribution in [0.15, 0.2) is 6.07 Å². The summed E-state index contributed by atoms with van der Waals surface area (Å²) in [4.78, 5) is 34.3. The Labute approximate surface area is 117 Å². The van der Waals surface area contributed by atoms with E-state index >= 15 is 0 Å². The summed E-state index contributed by atoms with van der Waals surface area (Å²) in [5.74, 6) is -0.612. The number of hydrogen-bond donors (Lipinski definition) is 0. The monoisotopic (exact) mass is 278 g/mol. The third-order valence-electron chi connectivity index (χ3n) is 2.91. The number of Topliss-reactive ketones (excluding diaryl/α,β-unsaturated/α-hetero) is 1. The molecule has 5 nitrogen and oxygen atoms in total. The Kier molecular flexibility index (Phi) is 5.02. The van der Waals surface area contributed by atoms with Gasteiger partial charge in [0.25, 0.3) is 0 Å². The van der Waals surface area contributed by atoms with Gasteiger partial charge in [-0.2, -0.15) is 0 Å². The fourth-order valence-corrected chi connectivity index (χ4v) is 1.80. The Morgan fingerprint density at radius 3 is 2.00 bits per heavy atom. The van der Waals surface area contributed by atoms with Crippen LogP contribution in [-0.2, 0) is 9.59 Å². The maximum atomic E-state index is 12.0. The molecule has 20 heavy (non-hydrogen) atoms. The van der Waals surface area contributed by atoms with Crippen molar-refractivity contribution in [3.8, 4) is 11.5 Å². The predicted molar refractivity (Wildman–Crippen MR) is 73.2 cm³/mol. The fraction of sp³-hybridized carbons (Fsp3) is 0.400. The molecule has 0 heterocycles. The van der Waals surface area contributed by atoms with Crippen molar-refractivity contribution in [2.24, 2.45) is 0 Å². The van der Waals surface area contributed by atoms with Crippen LogP contribution in [0.1, 0.15) is 48.7 Å². The van der Waals surface area contributed by atoms with Crippen molar-refractivity contribution in [1.29, 1.82) is 0 Å². The van der Waals surface area contributed by atoms with Gasteiger partial charge in [0.05, 0.1) is 5.56 Å². The van der Waals surface area contributed by atoms with E-state index in [2.05, 4.69) is 0 Å². The highest BCUT2D eigenvalue weighted by Crippen LogP contribution is 2.34. The second kappa shape index (κ2) is 6.32. The van der Waals surface area contributed by atoms with Crippen molar-refractivity contribution in [3.05, 3.63) is 22.8 Å². The zero-order valence-electron chi connectivity index (χ0n) is 12.3. The van der Waals surface area contributed by atoms with Gasteiger partial charge in [-0.3, -0.25) is 14.4 Å². The van der Waals surface area contributed by atoms with Gasteiger partial charge in [0, 0.05) is 20.3 Å². The van der Waals surface area contributed by atoms with Crippen molar-refractivity contribution in [2.75, 3.05) is 0 Å². The van der Waals surface area contributed by atoms with Gasteiger partial charge in [-0.25, -0.2) is 0 Å². The van der Waals surface area contributed by atoms with Gasteiger partial charge in [0.1, 0.15) is 11.5 Å². The summed E-state index contributed by atoms with van der Waals surface area (Å²) in [6.07, 6.45) is 0.260. The molecule has 0 fully saturated rings. The summed E-state index contributed by atoms with van der Waals surface area (Å²) in [6, 6.07) is 1.45. The van der Waals surface area contributed by atoms with Gasteiger partial charge >= 0.3 is 11.9 Å². The van der Waals surface area contributed by atoms with E-state index in [9.17, 15) is 14.4 Å². The van der Waals surface area contributed by atoms with Crippen LogP contribution in [-0.4, -0.2) is 17.7 Å². The Balaban J connectivity index is 3.50. The van der Waals surface area contributed by atoms with E-state index in [4.69, 9.17) is 9.47 Å². The van der Waals surface area contributed by atoms with Crippen LogP contribution in [0.5, 0.6) is 11.5 Å². The van der Waals surface area contributed by atoms with Gasteiger partial charge < -0.3 is 9.47 Å². The number of ketones is 1. The van der Waals surface area contributed by atoms with Crippen LogP contribution in [0.4, 0.5) is 0 Å². The fourth-order valence-electron chi connectivity index (χ4n) is 1.80. The second-order valence-electron chi connectivity index (χ2n) is 4.47. The number of carbonyl (C=O) groups excluding carboxylic acids is 3.